The molecule has 0 aliphatic carbocycles. The summed E-state index contributed by atoms with van der Waals surface area (Å²) in [5.41, 5.74) is 3.49. The highest BCUT2D eigenvalue weighted by Crippen LogP contribution is 2.44. The van der Waals surface area contributed by atoms with Crippen molar-refractivity contribution in [2.75, 3.05) is 34.4 Å². The predicted octanol–water partition coefficient (Wildman–Crippen LogP) is 4.63. The lowest BCUT2D eigenvalue weighted by molar-refractivity contribution is 0.338. The molecule has 2 aromatic carbocycles. The molecular weight excluding hydrogens is 345 g/mol. The molecule has 1 heterocycles. The molecular formula is C19H21Cl2NO2. The van der Waals surface area contributed by atoms with Gasteiger partial charge in [0.15, 0.2) is 11.5 Å². The Hall–Kier alpha value is -1.42. The third-order valence-electron chi connectivity index (χ3n) is 4.61. The molecule has 0 radical (unpaired) electrons. The number of ether oxygens (including phenoxy) is 2. The summed E-state index contributed by atoms with van der Waals surface area (Å²) >= 11 is 12.9. The molecule has 3 rings (SSSR count). The molecule has 5 heteroatoms. The van der Waals surface area contributed by atoms with Crippen LogP contribution >= 0.6 is 23.2 Å². The maximum Gasteiger partial charge on any atom is 0.179 e. The van der Waals surface area contributed by atoms with Gasteiger partial charge in [0.2, 0.25) is 0 Å². The fraction of sp³-hybridized carbons (Fsp3) is 0.368. The molecule has 0 saturated heterocycles. The third-order valence-corrected chi connectivity index (χ3v) is 5.25. The molecule has 3 nitrogen and oxygen atoms in total. The van der Waals surface area contributed by atoms with E-state index in [1.54, 1.807) is 14.2 Å². The largest absolute Gasteiger partial charge is 0.493 e. The summed E-state index contributed by atoms with van der Waals surface area (Å²) in [6.07, 6.45) is 0.877. The molecule has 0 amide bonds. The zero-order chi connectivity index (χ0) is 17.3. The van der Waals surface area contributed by atoms with Crippen LogP contribution in [-0.4, -0.2) is 39.3 Å². The van der Waals surface area contributed by atoms with Gasteiger partial charge in [-0.25, -0.2) is 0 Å². The highest BCUT2D eigenvalue weighted by atomic mass is 35.5. The molecule has 0 spiro atoms. The van der Waals surface area contributed by atoms with Crippen molar-refractivity contribution in [3.05, 3.63) is 57.1 Å². The Labute approximate surface area is 153 Å². The van der Waals surface area contributed by atoms with Crippen molar-refractivity contribution >= 4 is 23.2 Å². The second-order valence-electron chi connectivity index (χ2n) is 6.11. The fourth-order valence-electron chi connectivity index (χ4n) is 3.38. The lowest BCUT2D eigenvalue weighted by atomic mass is 9.87. The van der Waals surface area contributed by atoms with Gasteiger partial charge < -0.3 is 14.4 Å². The van der Waals surface area contributed by atoms with Crippen molar-refractivity contribution in [1.82, 2.24) is 4.90 Å². The van der Waals surface area contributed by atoms with Gasteiger partial charge in [0.05, 0.1) is 19.2 Å². The van der Waals surface area contributed by atoms with Crippen LogP contribution in [0.2, 0.25) is 10.0 Å². The van der Waals surface area contributed by atoms with E-state index in [0.29, 0.717) is 16.5 Å². The summed E-state index contributed by atoms with van der Waals surface area (Å²) in [4.78, 5) is 2.32. The van der Waals surface area contributed by atoms with E-state index in [1.807, 2.05) is 18.2 Å². The lowest BCUT2D eigenvalue weighted by Crippen LogP contribution is -2.24. The number of likely N-dealkylation sites (N-methyl/N-ethyl adjacent to an activating group) is 1. The number of rotatable bonds is 3. The third kappa shape index (κ3) is 3.21. The molecule has 1 atom stereocenters. The Morgan fingerprint density at radius 1 is 1.12 bits per heavy atom. The van der Waals surface area contributed by atoms with E-state index < -0.39 is 0 Å². The maximum absolute atomic E-state index is 6.67. The van der Waals surface area contributed by atoms with Crippen molar-refractivity contribution in [2.24, 2.45) is 0 Å². The van der Waals surface area contributed by atoms with Crippen LogP contribution in [0.15, 0.2) is 30.3 Å². The van der Waals surface area contributed by atoms with E-state index in [0.717, 1.165) is 30.1 Å². The number of hydrogen-bond acceptors (Lipinski definition) is 3. The number of nitrogens with zero attached hydrogens (tertiary/aromatic N) is 1. The van der Waals surface area contributed by atoms with Crippen LogP contribution in [0.3, 0.4) is 0 Å². The quantitative estimate of drug-likeness (QED) is 0.791. The van der Waals surface area contributed by atoms with Crippen LogP contribution in [0.1, 0.15) is 22.6 Å². The topological polar surface area (TPSA) is 21.7 Å². The van der Waals surface area contributed by atoms with E-state index in [9.17, 15) is 0 Å². The summed E-state index contributed by atoms with van der Waals surface area (Å²) in [6.45, 7) is 1.85. The molecule has 0 N–H and O–H groups in total. The van der Waals surface area contributed by atoms with E-state index >= 15 is 0 Å². The van der Waals surface area contributed by atoms with Gasteiger partial charge in [-0.3, -0.25) is 0 Å². The summed E-state index contributed by atoms with van der Waals surface area (Å²) in [5.74, 6) is 1.45. The van der Waals surface area contributed by atoms with Gasteiger partial charge in [0.1, 0.15) is 0 Å². The molecule has 0 aromatic heterocycles. The highest BCUT2D eigenvalue weighted by Gasteiger charge is 2.28. The molecule has 1 unspecified atom stereocenters. The summed E-state index contributed by atoms with van der Waals surface area (Å²) in [5, 5.41) is 1.39. The first-order valence-corrected chi connectivity index (χ1v) is 8.68. The predicted molar refractivity (Wildman–Crippen MR) is 99.1 cm³/mol. The van der Waals surface area contributed by atoms with Crippen LogP contribution in [0, 0.1) is 0 Å². The smallest absolute Gasteiger partial charge is 0.179 e. The summed E-state index contributed by atoms with van der Waals surface area (Å²) in [6, 6.07) is 10.1. The summed E-state index contributed by atoms with van der Waals surface area (Å²) in [7, 11) is 5.39. The zero-order valence-electron chi connectivity index (χ0n) is 14.1. The Bertz CT molecular complexity index is 748. The van der Waals surface area contributed by atoms with Gasteiger partial charge in [-0.2, -0.15) is 0 Å². The first-order chi connectivity index (χ1) is 11.5. The average molecular weight is 366 g/mol. The highest BCUT2D eigenvalue weighted by molar-refractivity contribution is 6.33. The number of fused-ring (bicyclic) bond motifs is 1. The van der Waals surface area contributed by atoms with Gasteiger partial charge in [-0.15, -0.1) is 0 Å². The van der Waals surface area contributed by atoms with Crippen molar-refractivity contribution in [3.8, 4) is 11.5 Å². The van der Waals surface area contributed by atoms with Crippen LogP contribution in [0.5, 0.6) is 11.5 Å². The van der Waals surface area contributed by atoms with Crippen LogP contribution in [0.25, 0.3) is 0 Å². The second kappa shape index (κ2) is 7.22. The Balaban J connectivity index is 2.20. The van der Waals surface area contributed by atoms with E-state index in [2.05, 4.69) is 24.1 Å². The summed E-state index contributed by atoms with van der Waals surface area (Å²) < 4.78 is 11.0. The maximum atomic E-state index is 6.67. The van der Waals surface area contributed by atoms with Crippen LogP contribution in [-0.2, 0) is 6.42 Å². The minimum absolute atomic E-state index is 0.184. The minimum atomic E-state index is 0.184. The minimum Gasteiger partial charge on any atom is -0.493 e. The number of benzene rings is 2. The second-order valence-corrected chi connectivity index (χ2v) is 6.93. The van der Waals surface area contributed by atoms with Crippen molar-refractivity contribution in [1.29, 1.82) is 0 Å². The van der Waals surface area contributed by atoms with Gasteiger partial charge in [-0.05, 0) is 48.4 Å². The molecule has 24 heavy (non-hydrogen) atoms. The molecule has 0 fully saturated rings. The standard InChI is InChI=1S/C19H21Cl2NO2/c1-22-8-7-14-15(10-17(23-2)19(24-3)18(14)21)16(11-22)12-5-4-6-13(20)9-12/h4-6,9-10,16H,7-8,11H2,1-3H3. The number of halogens is 2. The zero-order valence-corrected chi connectivity index (χ0v) is 15.6. The first-order valence-electron chi connectivity index (χ1n) is 7.92. The molecule has 0 saturated carbocycles. The van der Waals surface area contributed by atoms with Crippen molar-refractivity contribution < 1.29 is 9.47 Å². The molecule has 0 bridgehead atoms. The van der Waals surface area contributed by atoms with Crippen LogP contribution in [0.4, 0.5) is 0 Å². The lowest BCUT2D eigenvalue weighted by Gasteiger charge is -2.23. The van der Waals surface area contributed by atoms with E-state index in [-0.39, 0.29) is 5.92 Å². The number of methoxy groups -OCH3 is 2. The molecule has 1 aliphatic rings. The van der Waals surface area contributed by atoms with Gasteiger partial charge in [-0.1, -0.05) is 35.3 Å². The van der Waals surface area contributed by atoms with Gasteiger partial charge >= 0.3 is 0 Å². The first kappa shape index (κ1) is 17.4. The Morgan fingerprint density at radius 2 is 1.92 bits per heavy atom. The van der Waals surface area contributed by atoms with Crippen LogP contribution < -0.4 is 9.47 Å². The normalized spacial score (nSPS) is 18.0. The number of hydrogen-bond donors (Lipinski definition) is 0. The molecule has 1 aliphatic heterocycles. The fourth-order valence-corrected chi connectivity index (χ4v) is 3.96. The van der Waals surface area contributed by atoms with Crippen molar-refractivity contribution in [3.63, 3.8) is 0 Å². The van der Waals surface area contributed by atoms with Gasteiger partial charge in [0.25, 0.3) is 0 Å². The monoisotopic (exact) mass is 365 g/mol. The Kier molecular flexibility index (Phi) is 5.24. The molecule has 2 aromatic rings. The SMILES string of the molecule is COc1cc2c(c(Cl)c1OC)CCN(C)CC2c1cccc(Cl)c1. The van der Waals surface area contributed by atoms with Gasteiger partial charge in [0, 0.05) is 24.0 Å². The average Bonchev–Trinajstić information content (AvgIpc) is 2.74. The van der Waals surface area contributed by atoms with E-state index in [1.165, 1.54) is 11.1 Å². The Morgan fingerprint density at radius 3 is 2.58 bits per heavy atom. The molecule has 128 valence electrons. The van der Waals surface area contributed by atoms with Crippen molar-refractivity contribution in [2.45, 2.75) is 12.3 Å². The van der Waals surface area contributed by atoms with E-state index in [4.69, 9.17) is 32.7 Å².